The van der Waals surface area contributed by atoms with Crippen molar-refractivity contribution in [3.05, 3.63) is 29.6 Å². The number of nitrogens with two attached hydrogens (primary N) is 1. The van der Waals surface area contributed by atoms with Crippen LogP contribution >= 0.6 is 0 Å². The Labute approximate surface area is 96.0 Å². The summed E-state index contributed by atoms with van der Waals surface area (Å²) < 4.78 is 0. The van der Waals surface area contributed by atoms with E-state index in [0.29, 0.717) is 18.5 Å². The van der Waals surface area contributed by atoms with Crippen LogP contribution in [0.4, 0.5) is 0 Å². The molecule has 0 unspecified atom stereocenters. The summed E-state index contributed by atoms with van der Waals surface area (Å²) in [6, 6.07) is 4.54. The second-order valence-electron chi connectivity index (χ2n) is 4.30. The van der Waals surface area contributed by atoms with E-state index in [1.54, 1.807) is 6.20 Å². The van der Waals surface area contributed by atoms with Crippen LogP contribution in [0.1, 0.15) is 30.5 Å². The molecule has 1 saturated carbocycles. The Balaban J connectivity index is 1.86. The Bertz CT molecular complexity index is 382. The van der Waals surface area contributed by atoms with Gasteiger partial charge in [0.25, 0.3) is 0 Å². The van der Waals surface area contributed by atoms with Gasteiger partial charge in [-0.05, 0) is 43.9 Å². The summed E-state index contributed by atoms with van der Waals surface area (Å²) in [6.07, 6.45) is 5.51. The van der Waals surface area contributed by atoms with E-state index in [0.717, 1.165) is 5.69 Å². The summed E-state index contributed by atoms with van der Waals surface area (Å²) in [6.45, 7) is 2.60. The molecule has 0 amide bonds. The zero-order valence-electron chi connectivity index (χ0n) is 9.61. The number of aryl methyl sites for hydroxylation is 1. The Morgan fingerprint density at radius 1 is 1.62 bits per heavy atom. The molecule has 1 fully saturated rings. The molecule has 4 heteroatoms. The Morgan fingerprint density at radius 2 is 2.44 bits per heavy atom. The highest BCUT2D eigenvalue weighted by atomic mass is 15.1. The van der Waals surface area contributed by atoms with E-state index in [2.05, 4.69) is 15.3 Å². The quantitative estimate of drug-likeness (QED) is 0.594. The molecule has 1 aliphatic rings. The summed E-state index contributed by atoms with van der Waals surface area (Å²) in [5.41, 5.74) is 7.94. The van der Waals surface area contributed by atoms with Gasteiger partial charge in [0.2, 0.25) is 0 Å². The number of aliphatic imine (C=N–C) groups is 1. The minimum atomic E-state index is 0.535. The van der Waals surface area contributed by atoms with Crippen molar-refractivity contribution in [1.82, 2.24) is 10.3 Å². The molecular formula is C12H18N4. The second kappa shape index (κ2) is 4.96. The molecule has 0 spiro atoms. The van der Waals surface area contributed by atoms with Gasteiger partial charge in [0, 0.05) is 12.2 Å². The minimum absolute atomic E-state index is 0.535. The summed E-state index contributed by atoms with van der Waals surface area (Å²) in [5, 5.41) is 3.20. The highest BCUT2D eigenvalue weighted by Gasteiger charge is 2.16. The first kappa shape index (κ1) is 10.9. The van der Waals surface area contributed by atoms with Crippen LogP contribution in [0.25, 0.3) is 0 Å². The van der Waals surface area contributed by atoms with Gasteiger partial charge in [-0.25, -0.2) is 4.99 Å². The molecule has 0 aliphatic heterocycles. The molecule has 0 bridgehead atoms. The van der Waals surface area contributed by atoms with Gasteiger partial charge in [-0.15, -0.1) is 0 Å². The Morgan fingerprint density at radius 3 is 3.06 bits per heavy atom. The van der Waals surface area contributed by atoms with Crippen LogP contribution in [0.3, 0.4) is 0 Å². The third-order valence-electron chi connectivity index (χ3n) is 2.84. The molecule has 1 aliphatic carbocycles. The molecule has 1 heterocycles. The normalized spacial score (nSPS) is 16.9. The van der Waals surface area contributed by atoms with Crippen LogP contribution in [-0.4, -0.2) is 17.0 Å². The van der Waals surface area contributed by atoms with Crippen molar-refractivity contribution in [2.24, 2.45) is 10.7 Å². The molecule has 16 heavy (non-hydrogen) atoms. The first-order valence-electron chi connectivity index (χ1n) is 5.72. The van der Waals surface area contributed by atoms with Gasteiger partial charge in [-0.2, -0.15) is 0 Å². The number of guanidine groups is 1. The van der Waals surface area contributed by atoms with Crippen LogP contribution in [0.2, 0.25) is 0 Å². The molecule has 2 rings (SSSR count). The molecule has 1 aromatic heterocycles. The van der Waals surface area contributed by atoms with E-state index in [9.17, 15) is 0 Å². The first-order valence-corrected chi connectivity index (χ1v) is 5.72. The minimum Gasteiger partial charge on any atom is -0.370 e. The number of rotatable bonds is 3. The van der Waals surface area contributed by atoms with Crippen LogP contribution in [0, 0.1) is 6.92 Å². The molecule has 0 radical (unpaired) electrons. The monoisotopic (exact) mass is 218 g/mol. The fraction of sp³-hybridized carbons (Fsp3) is 0.500. The van der Waals surface area contributed by atoms with Gasteiger partial charge in [-0.1, -0.05) is 0 Å². The lowest BCUT2D eigenvalue weighted by molar-refractivity contribution is 0.382. The van der Waals surface area contributed by atoms with E-state index >= 15 is 0 Å². The smallest absolute Gasteiger partial charge is 0.189 e. The van der Waals surface area contributed by atoms with Crippen molar-refractivity contribution in [1.29, 1.82) is 0 Å². The van der Waals surface area contributed by atoms with E-state index in [-0.39, 0.29) is 0 Å². The lowest BCUT2D eigenvalue weighted by Crippen LogP contribution is -2.43. The molecule has 86 valence electrons. The standard InChI is InChI=1S/C12H18N4/c1-9-5-6-14-11(7-9)8-15-12(13)16-10-3-2-4-10/h5-7,10H,2-4,8H2,1H3,(H3,13,15,16). The predicted octanol–water partition coefficient (Wildman–Crippen LogP) is 1.35. The SMILES string of the molecule is Cc1ccnc(CN=C(N)NC2CCC2)c1. The van der Waals surface area contributed by atoms with E-state index < -0.39 is 0 Å². The van der Waals surface area contributed by atoms with Gasteiger partial charge in [0.1, 0.15) is 0 Å². The van der Waals surface area contributed by atoms with Gasteiger partial charge in [-0.3, -0.25) is 4.98 Å². The molecule has 1 aromatic rings. The highest BCUT2D eigenvalue weighted by Crippen LogP contribution is 2.17. The van der Waals surface area contributed by atoms with E-state index in [1.807, 2.05) is 19.1 Å². The summed E-state index contributed by atoms with van der Waals surface area (Å²) in [7, 11) is 0. The number of pyridine rings is 1. The van der Waals surface area contributed by atoms with Crippen LogP contribution in [0.5, 0.6) is 0 Å². The molecule has 3 N–H and O–H groups in total. The second-order valence-corrected chi connectivity index (χ2v) is 4.30. The average Bonchev–Trinajstić information content (AvgIpc) is 2.21. The molecule has 0 aromatic carbocycles. The third-order valence-corrected chi connectivity index (χ3v) is 2.84. The Kier molecular flexibility index (Phi) is 3.39. The maximum absolute atomic E-state index is 5.78. The molecule has 4 nitrogen and oxygen atoms in total. The van der Waals surface area contributed by atoms with Crippen molar-refractivity contribution in [2.45, 2.75) is 38.8 Å². The fourth-order valence-corrected chi connectivity index (χ4v) is 1.66. The van der Waals surface area contributed by atoms with Gasteiger partial charge < -0.3 is 11.1 Å². The highest BCUT2D eigenvalue weighted by molar-refractivity contribution is 5.78. The largest absolute Gasteiger partial charge is 0.370 e. The topological polar surface area (TPSA) is 63.3 Å². The van der Waals surface area contributed by atoms with Gasteiger partial charge in [0.05, 0.1) is 12.2 Å². The van der Waals surface area contributed by atoms with Crippen molar-refractivity contribution in [3.8, 4) is 0 Å². The average molecular weight is 218 g/mol. The van der Waals surface area contributed by atoms with Crippen LogP contribution in [0.15, 0.2) is 23.3 Å². The first-order chi connectivity index (χ1) is 7.74. The number of nitrogens with one attached hydrogen (secondary N) is 1. The molecule has 0 saturated heterocycles. The summed E-state index contributed by atoms with van der Waals surface area (Å²) >= 11 is 0. The zero-order valence-corrected chi connectivity index (χ0v) is 9.61. The van der Waals surface area contributed by atoms with Crippen LogP contribution < -0.4 is 11.1 Å². The lowest BCUT2D eigenvalue weighted by Gasteiger charge is -2.26. The molecule has 0 atom stereocenters. The Hall–Kier alpha value is -1.58. The lowest BCUT2D eigenvalue weighted by atomic mass is 9.93. The van der Waals surface area contributed by atoms with Crippen molar-refractivity contribution >= 4 is 5.96 Å². The third kappa shape index (κ3) is 2.95. The molecular weight excluding hydrogens is 200 g/mol. The maximum atomic E-state index is 5.78. The number of hydrogen-bond donors (Lipinski definition) is 2. The van der Waals surface area contributed by atoms with E-state index in [4.69, 9.17) is 5.73 Å². The van der Waals surface area contributed by atoms with Gasteiger partial charge in [0.15, 0.2) is 5.96 Å². The summed E-state index contributed by atoms with van der Waals surface area (Å²) in [4.78, 5) is 8.51. The van der Waals surface area contributed by atoms with Gasteiger partial charge >= 0.3 is 0 Å². The number of aromatic nitrogens is 1. The maximum Gasteiger partial charge on any atom is 0.189 e. The van der Waals surface area contributed by atoms with Crippen LogP contribution in [-0.2, 0) is 6.54 Å². The van der Waals surface area contributed by atoms with E-state index in [1.165, 1.54) is 24.8 Å². The number of nitrogens with zero attached hydrogens (tertiary/aromatic N) is 2. The zero-order chi connectivity index (χ0) is 11.4. The predicted molar refractivity (Wildman–Crippen MR) is 65.1 cm³/mol. The number of hydrogen-bond acceptors (Lipinski definition) is 2. The summed E-state index contributed by atoms with van der Waals surface area (Å²) in [5.74, 6) is 0.535. The van der Waals surface area contributed by atoms with Crippen molar-refractivity contribution in [2.75, 3.05) is 0 Å². The van der Waals surface area contributed by atoms with Crippen molar-refractivity contribution < 1.29 is 0 Å². The fourth-order valence-electron chi connectivity index (χ4n) is 1.66. The van der Waals surface area contributed by atoms with Crippen molar-refractivity contribution in [3.63, 3.8) is 0 Å².